The average molecular weight is 259 g/mol. The van der Waals surface area contributed by atoms with Crippen molar-refractivity contribution in [3.63, 3.8) is 0 Å². The molecular weight excluding hydrogens is 240 g/mol. The molecule has 0 saturated heterocycles. The molecule has 2 nitrogen and oxygen atoms in total. The van der Waals surface area contributed by atoms with E-state index in [4.69, 9.17) is 20.5 Å². The number of halogens is 1. The second-order valence-corrected chi connectivity index (χ2v) is 7.64. The van der Waals surface area contributed by atoms with E-state index in [2.05, 4.69) is 12.1 Å². The smallest absolute Gasteiger partial charge is 0.342 e. The van der Waals surface area contributed by atoms with Gasteiger partial charge in [0.15, 0.2) is 0 Å². The van der Waals surface area contributed by atoms with Gasteiger partial charge in [0.2, 0.25) is 0 Å². The summed E-state index contributed by atoms with van der Waals surface area (Å²) in [6.07, 6.45) is 0.947. The van der Waals surface area contributed by atoms with Gasteiger partial charge in [0.25, 0.3) is 0 Å². The molecule has 16 heavy (non-hydrogen) atoms. The van der Waals surface area contributed by atoms with Gasteiger partial charge < -0.3 is 8.85 Å². The van der Waals surface area contributed by atoms with Crippen LogP contribution in [0, 0.1) is 0 Å². The first-order chi connectivity index (χ1) is 7.76. The van der Waals surface area contributed by atoms with Crippen molar-refractivity contribution in [3.05, 3.63) is 35.9 Å². The fraction of sp³-hybridized carbons (Fsp3) is 0.500. The molecule has 0 atom stereocenters. The molecule has 0 amide bonds. The van der Waals surface area contributed by atoms with Gasteiger partial charge in [0, 0.05) is 26.1 Å². The zero-order chi connectivity index (χ0) is 11.9. The third-order valence-electron chi connectivity index (χ3n) is 2.75. The molecule has 0 unspecified atom stereocenters. The largest absolute Gasteiger partial charge is 0.397 e. The van der Waals surface area contributed by atoms with Gasteiger partial charge in [-0.15, -0.1) is 11.6 Å². The lowest BCUT2D eigenvalue weighted by atomic mass is 10.2. The molecule has 1 aromatic carbocycles. The third-order valence-corrected chi connectivity index (χ3v) is 6.57. The molecule has 0 aliphatic rings. The van der Waals surface area contributed by atoms with Crippen molar-refractivity contribution in [1.82, 2.24) is 0 Å². The molecule has 0 heterocycles. The fourth-order valence-corrected chi connectivity index (χ4v) is 4.73. The lowest BCUT2D eigenvalue weighted by Gasteiger charge is -2.27. The van der Waals surface area contributed by atoms with Gasteiger partial charge in [0.1, 0.15) is 0 Å². The summed E-state index contributed by atoms with van der Waals surface area (Å²) in [5.74, 6) is 0.663. The van der Waals surface area contributed by atoms with Crippen LogP contribution in [-0.2, 0) is 14.9 Å². The monoisotopic (exact) mass is 258 g/mol. The van der Waals surface area contributed by atoms with E-state index in [1.165, 1.54) is 5.56 Å². The number of hydrogen-bond acceptors (Lipinski definition) is 2. The normalized spacial score (nSPS) is 11.7. The van der Waals surface area contributed by atoms with Crippen LogP contribution in [0.5, 0.6) is 0 Å². The number of hydrogen-bond donors (Lipinski definition) is 0. The maximum atomic E-state index is 5.74. The van der Waals surface area contributed by atoms with E-state index in [0.717, 1.165) is 18.5 Å². The summed E-state index contributed by atoms with van der Waals surface area (Å²) in [6.45, 7) is 0. The molecule has 0 spiro atoms. The summed E-state index contributed by atoms with van der Waals surface area (Å²) >= 11 is 5.74. The second kappa shape index (κ2) is 7.07. The van der Waals surface area contributed by atoms with Crippen LogP contribution < -0.4 is 0 Å². The van der Waals surface area contributed by atoms with Crippen molar-refractivity contribution in [2.45, 2.75) is 18.5 Å². The SMILES string of the molecule is CO[Si](CCCCl)(Cc1ccccc1)OC. The lowest BCUT2D eigenvalue weighted by molar-refractivity contribution is 0.240. The van der Waals surface area contributed by atoms with E-state index in [1.807, 2.05) is 18.2 Å². The minimum atomic E-state index is -2.09. The van der Waals surface area contributed by atoms with Crippen LogP contribution >= 0.6 is 11.6 Å². The Bertz CT molecular complexity index is 288. The number of alkyl halides is 1. The molecule has 0 radical (unpaired) electrons. The third kappa shape index (κ3) is 3.90. The number of benzene rings is 1. The van der Waals surface area contributed by atoms with Crippen molar-refractivity contribution in [3.8, 4) is 0 Å². The second-order valence-electron chi connectivity index (χ2n) is 3.77. The Morgan fingerprint density at radius 3 is 2.25 bits per heavy atom. The fourth-order valence-electron chi connectivity index (χ4n) is 1.76. The highest BCUT2D eigenvalue weighted by molar-refractivity contribution is 6.66. The van der Waals surface area contributed by atoms with Crippen molar-refractivity contribution < 1.29 is 8.85 Å². The maximum Gasteiger partial charge on any atom is 0.342 e. The molecular formula is C12H19ClO2Si. The Labute approximate surface area is 104 Å². The summed E-state index contributed by atoms with van der Waals surface area (Å²) in [7, 11) is 1.40. The van der Waals surface area contributed by atoms with Gasteiger partial charge in [-0.25, -0.2) is 0 Å². The van der Waals surface area contributed by atoms with E-state index < -0.39 is 8.56 Å². The van der Waals surface area contributed by atoms with Crippen molar-refractivity contribution in [1.29, 1.82) is 0 Å². The average Bonchev–Trinajstić information content (AvgIpc) is 2.36. The quantitative estimate of drug-likeness (QED) is 0.553. The van der Waals surface area contributed by atoms with Crippen LogP contribution in [0.4, 0.5) is 0 Å². The summed E-state index contributed by atoms with van der Waals surface area (Å²) in [4.78, 5) is 0. The van der Waals surface area contributed by atoms with E-state index in [0.29, 0.717) is 5.88 Å². The topological polar surface area (TPSA) is 18.5 Å². The van der Waals surface area contributed by atoms with Crippen LogP contribution in [0.2, 0.25) is 6.04 Å². The molecule has 4 heteroatoms. The summed E-state index contributed by atoms with van der Waals surface area (Å²) in [6, 6.07) is 12.2. The van der Waals surface area contributed by atoms with E-state index in [-0.39, 0.29) is 0 Å². The minimum Gasteiger partial charge on any atom is -0.397 e. The van der Waals surface area contributed by atoms with Crippen LogP contribution in [0.1, 0.15) is 12.0 Å². The summed E-state index contributed by atoms with van der Waals surface area (Å²) in [5.41, 5.74) is 1.27. The molecule has 0 aliphatic carbocycles. The Morgan fingerprint density at radius 1 is 1.12 bits per heavy atom. The molecule has 0 fully saturated rings. The highest BCUT2D eigenvalue weighted by Crippen LogP contribution is 2.20. The molecule has 0 aromatic heterocycles. The molecule has 1 rings (SSSR count). The first kappa shape index (κ1) is 13.7. The van der Waals surface area contributed by atoms with Gasteiger partial charge >= 0.3 is 8.56 Å². The zero-order valence-corrected chi connectivity index (χ0v) is 11.7. The Hall–Kier alpha value is -0.353. The number of rotatable bonds is 7. The predicted molar refractivity (Wildman–Crippen MR) is 70.1 cm³/mol. The molecule has 0 bridgehead atoms. The lowest BCUT2D eigenvalue weighted by Crippen LogP contribution is -2.43. The van der Waals surface area contributed by atoms with Crippen molar-refractivity contribution >= 4 is 20.2 Å². The van der Waals surface area contributed by atoms with Gasteiger partial charge in [-0.2, -0.15) is 0 Å². The Morgan fingerprint density at radius 2 is 1.75 bits per heavy atom. The Kier molecular flexibility index (Phi) is 6.06. The zero-order valence-electron chi connectivity index (χ0n) is 9.91. The first-order valence-electron chi connectivity index (χ1n) is 5.46. The minimum absolute atomic E-state index is 0.663. The highest BCUT2D eigenvalue weighted by Gasteiger charge is 2.34. The molecule has 0 saturated carbocycles. The molecule has 0 N–H and O–H groups in total. The predicted octanol–water partition coefficient (Wildman–Crippen LogP) is 3.13. The highest BCUT2D eigenvalue weighted by atomic mass is 35.5. The molecule has 0 aliphatic heterocycles. The van der Waals surface area contributed by atoms with Crippen LogP contribution in [0.3, 0.4) is 0 Å². The van der Waals surface area contributed by atoms with Gasteiger partial charge in [-0.3, -0.25) is 0 Å². The maximum absolute atomic E-state index is 5.74. The van der Waals surface area contributed by atoms with E-state index in [9.17, 15) is 0 Å². The summed E-state index contributed by atoms with van der Waals surface area (Å²) < 4.78 is 11.3. The van der Waals surface area contributed by atoms with Gasteiger partial charge in [-0.05, 0) is 18.0 Å². The standard InChI is InChI=1S/C12H19ClO2Si/c1-14-16(15-2,10-6-9-13)11-12-7-4-3-5-8-12/h3-5,7-8H,6,9-11H2,1-2H3. The van der Waals surface area contributed by atoms with Crippen LogP contribution in [0.25, 0.3) is 0 Å². The van der Waals surface area contributed by atoms with E-state index >= 15 is 0 Å². The van der Waals surface area contributed by atoms with E-state index in [1.54, 1.807) is 14.2 Å². The van der Waals surface area contributed by atoms with Gasteiger partial charge in [0.05, 0.1) is 0 Å². The Balaban J connectivity index is 2.70. The molecule has 90 valence electrons. The van der Waals surface area contributed by atoms with Crippen molar-refractivity contribution in [2.75, 3.05) is 20.1 Å². The van der Waals surface area contributed by atoms with Crippen LogP contribution in [0.15, 0.2) is 30.3 Å². The summed E-state index contributed by atoms with van der Waals surface area (Å²) in [5, 5.41) is 0. The van der Waals surface area contributed by atoms with Gasteiger partial charge in [-0.1, -0.05) is 30.3 Å². The van der Waals surface area contributed by atoms with Crippen molar-refractivity contribution in [2.24, 2.45) is 0 Å². The first-order valence-corrected chi connectivity index (χ1v) is 8.23. The van der Waals surface area contributed by atoms with Crippen LogP contribution in [-0.4, -0.2) is 28.7 Å². The molecule has 1 aromatic rings.